The maximum atomic E-state index is 5.88. The number of ether oxygens (including phenoxy) is 2. The van der Waals surface area contributed by atoms with Crippen LogP contribution in [-0.2, 0) is 6.54 Å². The van der Waals surface area contributed by atoms with Gasteiger partial charge in [-0.3, -0.25) is 0 Å². The van der Waals surface area contributed by atoms with Gasteiger partial charge in [-0.2, -0.15) is 0 Å². The predicted molar refractivity (Wildman–Crippen MR) is 103 cm³/mol. The van der Waals surface area contributed by atoms with E-state index in [0.29, 0.717) is 19.3 Å². The van der Waals surface area contributed by atoms with Gasteiger partial charge in [0.05, 0.1) is 24.6 Å². The van der Waals surface area contributed by atoms with Crippen LogP contribution in [0.1, 0.15) is 63.3 Å². The molecular formula is C22H31N2O2+. The van der Waals surface area contributed by atoms with Crippen LogP contribution in [0.5, 0.6) is 11.5 Å². The highest BCUT2D eigenvalue weighted by molar-refractivity contribution is 5.55. The number of hydrogen-bond donors (Lipinski definition) is 1. The molecule has 2 N–H and O–H groups in total. The number of rotatable bonds is 5. The minimum absolute atomic E-state index is 0.545. The molecule has 1 aromatic carbocycles. The van der Waals surface area contributed by atoms with Gasteiger partial charge in [0.1, 0.15) is 12.6 Å². The fourth-order valence-electron chi connectivity index (χ4n) is 4.70. The van der Waals surface area contributed by atoms with Gasteiger partial charge in [-0.15, -0.1) is 0 Å². The molecule has 140 valence electrons. The fourth-order valence-corrected chi connectivity index (χ4v) is 4.70. The fraction of sp³-hybridized carbons (Fsp3) is 0.545. The molecule has 4 rings (SSSR count). The lowest BCUT2D eigenvalue weighted by Crippen LogP contribution is -2.84. The van der Waals surface area contributed by atoms with Crippen molar-refractivity contribution in [2.75, 3.05) is 13.2 Å². The Morgan fingerprint density at radius 1 is 1.04 bits per heavy atom. The van der Waals surface area contributed by atoms with Crippen LogP contribution in [0, 0.1) is 5.92 Å². The zero-order chi connectivity index (χ0) is 17.9. The van der Waals surface area contributed by atoms with Crippen molar-refractivity contribution in [1.29, 1.82) is 0 Å². The maximum Gasteiger partial charge on any atom is 0.163 e. The highest BCUT2D eigenvalue weighted by atomic mass is 16.5. The van der Waals surface area contributed by atoms with Gasteiger partial charge in [-0.1, -0.05) is 19.3 Å². The van der Waals surface area contributed by atoms with E-state index in [1.807, 2.05) is 13.8 Å². The Balaban J connectivity index is 1.75. The average Bonchev–Trinajstić information content (AvgIpc) is 3.09. The van der Waals surface area contributed by atoms with Crippen molar-refractivity contribution in [1.82, 2.24) is 4.57 Å². The second kappa shape index (κ2) is 7.75. The molecular weight excluding hydrogens is 324 g/mol. The maximum absolute atomic E-state index is 5.88. The van der Waals surface area contributed by atoms with E-state index in [1.54, 1.807) is 0 Å². The van der Waals surface area contributed by atoms with Crippen LogP contribution in [-0.4, -0.2) is 17.8 Å². The number of benzene rings is 1. The van der Waals surface area contributed by atoms with Crippen LogP contribution in [0.15, 0.2) is 30.5 Å². The van der Waals surface area contributed by atoms with E-state index >= 15 is 0 Å². The molecule has 2 aliphatic rings. The van der Waals surface area contributed by atoms with Gasteiger partial charge in [-0.25, -0.2) is 0 Å². The summed E-state index contributed by atoms with van der Waals surface area (Å²) in [6, 6.07) is 9.40. The Morgan fingerprint density at radius 2 is 1.77 bits per heavy atom. The van der Waals surface area contributed by atoms with Crippen LogP contribution in [0.2, 0.25) is 0 Å². The first kappa shape index (κ1) is 17.5. The molecule has 0 radical (unpaired) electrons. The van der Waals surface area contributed by atoms with Crippen LogP contribution < -0.4 is 14.8 Å². The Bertz CT molecular complexity index is 747. The predicted octanol–water partition coefficient (Wildman–Crippen LogP) is 3.97. The van der Waals surface area contributed by atoms with Crippen molar-refractivity contribution < 1.29 is 14.8 Å². The van der Waals surface area contributed by atoms with E-state index in [1.165, 1.54) is 49.0 Å². The van der Waals surface area contributed by atoms with E-state index in [9.17, 15) is 0 Å². The SMILES string of the molecule is CCOc1cc2c(cc1OCC)-n1cccc1[C@H](C1CCCCC1)[NH2+]C2. The molecule has 2 heterocycles. The summed E-state index contributed by atoms with van der Waals surface area (Å²) in [5, 5.41) is 2.55. The average molecular weight is 356 g/mol. The van der Waals surface area contributed by atoms with E-state index in [-0.39, 0.29) is 0 Å². The van der Waals surface area contributed by atoms with Gasteiger partial charge in [0.2, 0.25) is 0 Å². The van der Waals surface area contributed by atoms with Crippen LogP contribution in [0.3, 0.4) is 0 Å². The normalized spacial score (nSPS) is 20.2. The Hall–Kier alpha value is -1.94. The number of quaternary nitrogens is 1. The van der Waals surface area contributed by atoms with E-state index in [4.69, 9.17) is 9.47 Å². The first-order chi connectivity index (χ1) is 12.8. The molecule has 1 fully saturated rings. The summed E-state index contributed by atoms with van der Waals surface area (Å²) < 4.78 is 14.1. The quantitative estimate of drug-likeness (QED) is 0.881. The lowest BCUT2D eigenvalue weighted by atomic mass is 9.82. The second-order valence-electron chi connectivity index (χ2n) is 7.46. The third-order valence-electron chi connectivity index (χ3n) is 5.88. The zero-order valence-electron chi connectivity index (χ0n) is 16.0. The van der Waals surface area contributed by atoms with Crippen molar-refractivity contribution in [3.8, 4) is 17.2 Å². The van der Waals surface area contributed by atoms with Crippen molar-refractivity contribution in [2.45, 2.75) is 58.5 Å². The molecule has 1 aliphatic carbocycles. The number of fused-ring (bicyclic) bond motifs is 3. The molecule has 1 aliphatic heterocycles. The molecule has 1 aromatic heterocycles. The van der Waals surface area contributed by atoms with Gasteiger partial charge < -0.3 is 19.4 Å². The lowest BCUT2D eigenvalue weighted by molar-refractivity contribution is -0.718. The molecule has 26 heavy (non-hydrogen) atoms. The monoisotopic (exact) mass is 355 g/mol. The summed E-state index contributed by atoms with van der Waals surface area (Å²) in [6.07, 6.45) is 9.09. The first-order valence-corrected chi connectivity index (χ1v) is 10.2. The van der Waals surface area contributed by atoms with Crippen molar-refractivity contribution in [2.24, 2.45) is 5.92 Å². The Labute approximate surface area is 156 Å². The summed E-state index contributed by atoms with van der Waals surface area (Å²) >= 11 is 0. The minimum atomic E-state index is 0.545. The molecule has 0 unspecified atom stereocenters. The molecule has 0 bridgehead atoms. The zero-order valence-corrected chi connectivity index (χ0v) is 16.0. The highest BCUT2D eigenvalue weighted by Crippen LogP contribution is 2.38. The molecule has 4 heteroatoms. The van der Waals surface area contributed by atoms with E-state index in [0.717, 1.165) is 24.0 Å². The molecule has 1 atom stereocenters. The molecule has 0 spiro atoms. The minimum Gasteiger partial charge on any atom is -0.490 e. The topological polar surface area (TPSA) is 40.0 Å². The lowest BCUT2D eigenvalue weighted by Gasteiger charge is -2.27. The Morgan fingerprint density at radius 3 is 2.50 bits per heavy atom. The number of nitrogens with two attached hydrogens (primary N) is 1. The van der Waals surface area contributed by atoms with E-state index in [2.05, 4.69) is 40.3 Å². The van der Waals surface area contributed by atoms with Crippen molar-refractivity contribution >= 4 is 0 Å². The van der Waals surface area contributed by atoms with Crippen LogP contribution >= 0.6 is 0 Å². The summed E-state index contributed by atoms with van der Waals surface area (Å²) in [4.78, 5) is 0. The molecule has 0 amide bonds. The summed E-state index contributed by atoms with van der Waals surface area (Å²) in [5.74, 6) is 2.50. The van der Waals surface area contributed by atoms with Crippen LogP contribution in [0.25, 0.3) is 5.69 Å². The van der Waals surface area contributed by atoms with Crippen molar-refractivity contribution in [3.05, 3.63) is 41.7 Å². The number of aromatic nitrogens is 1. The third kappa shape index (κ3) is 3.23. The molecule has 2 aromatic rings. The summed E-state index contributed by atoms with van der Waals surface area (Å²) in [6.45, 7) is 6.34. The largest absolute Gasteiger partial charge is 0.490 e. The summed E-state index contributed by atoms with van der Waals surface area (Å²) in [7, 11) is 0. The summed E-state index contributed by atoms with van der Waals surface area (Å²) in [5.41, 5.74) is 4.00. The van der Waals surface area contributed by atoms with E-state index < -0.39 is 0 Å². The molecule has 1 saturated carbocycles. The van der Waals surface area contributed by atoms with Gasteiger partial charge in [0.25, 0.3) is 0 Å². The van der Waals surface area contributed by atoms with Gasteiger partial charge in [0, 0.05) is 23.7 Å². The van der Waals surface area contributed by atoms with Crippen molar-refractivity contribution in [3.63, 3.8) is 0 Å². The Kier molecular flexibility index (Phi) is 5.21. The van der Waals surface area contributed by atoms with Crippen LogP contribution in [0.4, 0.5) is 0 Å². The molecule has 4 nitrogen and oxygen atoms in total. The molecule has 0 saturated heterocycles. The third-order valence-corrected chi connectivity index (χ3v) is 5.88. The highest BCUT2D eigenvalue weighted by Gasteiger charge is 2.33. The first-order valence-electron chi connectivity index (χ1n) is 10.2. The smallest absolute Gasteiger partial charge is 0.163 e. The van der Waals surface area contributed by atoms with Gasteiger partial charge >= 0.3 is 0 Å². The second-order valence-corrected chi connectivity index (χ2v) is 7.46. The van der Waals surface area contributed by atoms with Gasteiger partial charge in [0.15, 0.2) is 11.5 Å². The number of hydrogen-bond acceptors (Lipinski definition) is 2. The number of nitrogens with zero attached hydrogens (tertiary/aromatic N) is 1. The van der Waals surface area contributed by atoms with Gasteiger partial charge in [-0.05, 0) is 44.9 Å². The standard InChI is InChI=1S/C22H30N2O2/c1-3-25-20-13-17-15-23-22(16-9-6-5-7-10-16)18-11-8-12-24(18)19(17)14-21(20)26-4-2/h8,11-14,16,22-23H,3-7,9-10,15H2,1-2H3/p+1/t22-/m0/s1.